The Balaban J connectivity index is 2.65. The third-order valence-corrected chi connectivity index (χ3v) is 4.20. The second-order valence-corrected chi connectivity index (χ2v) is 6.52. The molecule has 0 aliphatic rings. The number of hydrogen-bond acceptors (Lipinski definition) is 5. The van der Waals surface area contributed by atoms with Crippen molar-refractivity contribution in [3.05, 3.63) is 11.8 Å². The molecular weight excluding hydrogens is 280 g/mol. The average Bonchev–Trinajstić information content (AvgIpc) is 2.87. The predicted molar refractivity (Wildman–Crippen MR) is 76.8 cm³/mol. The fraction of sp³-hybridized carbons (Fsp3) is 0.750. The summed E-state index contributed by atoms with van der Waals surface area (Å²) in [5, 5.41) is 9.67. The smallest absolute Gasteiger partial charge is 0.257 e. The molecule has 20 heavy (non-hydrogen) atoms. The van der Waals surface area contributed by atoms with E-state index in [9.17, 15) is 8.42 Å². The maximum Gasteiger partial charge on any atom is 0.257 e. The second kappa shape index (κ2) is 8.35. The molecule has 0 bridgehead atoms. The second-order valence-electron chi connectivity index (χ2n) is 4.81. The van der Waals surface area contributed by atoms with Crippen LogP contribution in [-0.4, -0.2) is 45.4 Å². The first-order valence-corrected chi connectivity index (χ1v) is 8.21. The van der Waals surface area contributed by atoms with Gasteiger partial charge in [-0.15, -0.1) is 0 Å². The summed E-state index contributed by atoms with van der Waals surface area (Å²) in [5.41, 5.74) is 0.644. The monoisotopic (exact) mass is 304 g/mol. The normalized spacial score (nSPS) is 13.6. The molecule has 0 aliphatic heterocycles. The van der Waals surface area contributed by atoms with Crippen molar-refractivity contribution in [3.8, 4) is 0 Å². The van der Waals surface area contributed by atoms with Crippen molar-refractivity contribution in [3.63, 3.8) is 0 Å². The van der Waals surface area contributed by atoms with Crippen molar-refractivity contribution >= 4 is 10.0 Å². The summed E-state index contributed by atoms with van der Waals surface area (Å²) in [7, 11) is -1.97. The van der Waals surface area contributed by atoms with E-state index in [0.717, 1.165) is 13.0 Å². The Labute approximate surface area is 120 Å². The number of methoxy groups -OCH3 is 1. The van der Waals surface area contributed by atoms with E-state index in [2.05, 4.69) is 27.2 Å². The number of nitrogens with zero attached hydrogens (tertiary/aromatic N) is 1. The van der Waals surface area contributed by atoms with Gasteiger partial charge in [-0.1, -0.05) is 13.8 Å². The number of aromatic amines is 1. The van der Waals surface area contributed by atoms with Gasteiger partial charge in [0.25, 0.3) is 10.0 Å². The van der Waals surface area contributed by atoms with Crippen LogP contribution in [0, 0.1) is 5.92 Å². The van der Waals surface area contributed by atoms with Gasteiger partial charge in [0.05, 0.1) is 6.20 Å². The Kier molecular flexibility index (Phi) is 7.14. The van der Waals surface area contributed by atoms with E-state index < -0.39 is 10.0 Å². The van der Waals surface area contributed by atoms with Gasteiger partial charge >= 0.3 is 0 Å². The predicted octanol–water partition coefficient (Wildman–Crippen LogP) is 0.470. The third-order valence-electron chi connectivity index (χ3n) is 2.76. The minimum atomic E-state index is -3.56. The number of hydrogen-bond donors (Lipinski definition) is 3. The van der Waals surface area contributed by atoms with Gasteiger partial charge in [-0.05, 0) is 18.9 Å². The van der Waals surface area contributed by atoms with Crippen LogP contribution in [0.4, 0.5) is 0 Å². The molecule has 1 rings (SSSR count). The molecule has 0 spiro atoms. The van der Waals surface area contributed by atoms with E-state index in [1.165, 1.54) is 6.20 Å². The van der Waals surface area contributed by atoms with Gasteiger partial charge in [0.2, 0.25) is 0 Å². The Hall–Kier alpha value is -0.960. The van der Waals surface area contributed by atoms with Crippen molar-refractivity contribution in [2.75, 3.05) is 26.8 Å². The Morgan fingerprint density at radius 3 is 2.90 bits per heavy atom. The van der Waals surface area contributed by atoms with E-state index in [1.807, 2.05) is 6.92 Å². The van der Waals surface area contributed by atoms with Gasteiger partial charge in [0.15, 0.2) is 5.03 Å². The molecule has 0 aliphatic carbocycles. The highest BCUT2D eigenvalue weighted by Gasteiger charge is 2.21. The number of nitrogens with one attached hydrogen (secondary N) is 3. The summed E-state index contributed by atoms with van der Waals surface area (Å²) in [4.78, 5) is 0. The molecule has 1 aromatic rings. The van der Waals surface area contributed by atoms with Crippen LogP contribution in [0.2, 0.25) is 0 Å². The first-order chi connectivity index (χ1) is 9.51. The standard InChI is InChI=1S/C12H24N4O3S/c1-4-5-13-7-11-8-14-16-12(11)20(17,18)15-6-10(2)9-19-3/h8,10,13,15H,4-7,9H2,1-3H3,(H,14,16). The Bertz CT molecular complexity index is 487. The zero-order valence-electron chi connectivity index (χ0n) is 12.3. The molecule has 3 N–H and O–H groups in total. The number of sulfonamides is 1. The summed E-state index contributed by atoms with van der Waals surface area (Å²) in [6.45, 7) is 6.13. The number of H-pyrrole nitrogens is 1. The van der Waals surface area contributed by atoms with Gasteiger partial charge in [0.1, 0.15) is 0 Å². The van der Waals surface area contributed by atoms with E-state index in [1.54, 1.807) is 7.11 Å². The van der Waals surface area contributed by atoms with E-state index in [-0.39, 0.29) is 10.9 Å². The van der Waals surface area contributed by atoms with Gasteiger partial charge < -0.3 is 10.1 Å². The summed E-state index contributed by atoms with van der Waals surface area (Å²) in [6.07, 6.45) is 2.53. The summed E-state index contributed by atoms with van der Waals surface area (Å²) in [6, 6.07) is 0. The molecule has 116 valence electrons. The lowest BCUT2D eigenvalue weighted by atomic mass is 10.2. The van der Waals surface area contributed by atoms with Crippen molar-refractivity contribution in [1.82, 2.24) is 20.2 Å². The molecule has 0 radical (unpaired) electrons. The highest BCUT2D eigenvalue weighted by Crippen LogP contribution is 2.11. The maximum absolute atomic E-state index is 12.2. The Morgan fingerprint density at radius 2 is 2.25 bits per heavy atom. The van der Waals surface area contributed by atoms with Gasteiger partial charge in [0, 0.05) is 32.4 Å². The van der Waals surface area contributed by atoms with Gasteiger partial charge in [-0.25, -0.2) is 13.1 Å². The fourth-order valence-corrected chi connectivity index (χ4v) is 3.02. The molecule has 0 saturated carbocycles. The third kappa shape index (κ3) is 5.20. The summed E-state index contributed by atoms with van der Waals surface area (Å²) >= 11 is 0. The molecule has 0 saturated heterocycles. The molecule has 1 unspecified atom stereocenters. The first-order valence-electron chi connectivity index (χ1n) is 6.72. The van der Waals surface area contributed by atoms with Crippen LogP contribution in [0.15, 0.2) is 11.2 Å². The lowest BCUT2D eigenvalue weighted by Crippen LogP contribution is -2.31. The van der Waals surface area contributed by atoms with Crippen LogP contribution < -0.4 is 10.0 Å². The first kappa shape index (κ1) is 17.1. The molecule has 8 heteroatoms. The summed E-state index contributed by atoms with van der Waals surface area (Å²) < 4.78 is 32.0. The number of rotatable bonds is 10. The number of aromatic nitrogens is 2. The van der Waals surface area contributed by atoms with Crippen LogP contribution in [0.25, 0.3) is 0 Å². The van der Waals surface area contributed by atoms with Crippen molar-refractivity contribution in [2.24, 2.45) is 5.92 Å². The van der Waals surface area contributed by atoms with Gasteiger partial charge in [-0.2, -0.15) is 5.10 Å². The molecule has 0 amide bonds. The number of ether oxygens (including phenoxy) is 1. The van der Waals surface area contributed by atoms with Gasteiger partial charge in [-0.3, -0.25) is 5.10 Å². The quantitative estimate of drug-likeness (QED) is 0.546. The summed E-state index contributed by atoms with van der Waals surface area (Å²) in [5.74, 6) is 0.111. The molecule has 0 fully saturated rings. The highest BCUT2D eigenvalue weighted by atomic mass is 32.2. The van der Waals surface area contributed by atoms with Crippen molar-refractivity contribution in [1.29, 1.82) is 0 Å². The lowest BCUT2D eigenvalue weighted by molar-refractivity contribution is 0.161. The van der Waals surface area contributed by atoms with E-state index in [4.69, 9.17) is 4.74 Å². The highest BCUT2D eigenvalue weighted by molar-refractivity contribution is 7.89. The molecule has 1 atom stereocenters. The molecular formula is C12H24N4O3S. The molecule has 1 aromatic heterocycles. The maximum atomic E-state index is 12.2. The SMILES string of the molecule is CCCNCc1cn[nH]c1S(=O)(=O)NCC(C)COC. The zero-order valence-corrected chi connectivity index (χ0v) is 13.1. The largest absolute Gasteiger partial charge is 0.384 e. The van der Waals surface area contributed by atoms with E-state index in [0.29, 0.717) is 25.3 Å². The van der Waals surface area contributed by atoms with Crippen LogP contribution in [-0.2, 0) is 21.3 Å². The molecule has 1 heterocycles. The van der Waals surface area contributed by atoms with Crippen LogP contribution in [0.5, 0.6) is 0 Å². The van der Waals surface area contributed by atoms with Crippen LogP contribution >= 0.6 is 0 Å². The lowest BCUT2D eigenvalue weighted by Gasteiger charge is -2.12. The van der Waals surface area contributed by atoms with Crippen LogP contribution in [0.3, 0.4) is 0 Å². The fourth-order valence-electron chi connectivity index (χ4n) is 1.73. The minimum absolute atomic E-state index is 0.111. The molecule has 7 nitrogen and oxygen atoms in total. The van der Waals surface area contributed by atoms with E-state index >= 15 is 0 Å². The topological polar surface area (TPSA) is 96.1 Å². The minimum Gasteiger partial charge on any atom is -0.384 e. The zero-order chi connectivity index (χ0) is 15.0. The Morgan fingerprint density at radius 1 is 1.50 bits per heavy atom. The van der Waals surface area contributed by atoms with Crippen LogP contribution in [0.1, 0.15) is 25.8 Å². The molecule has 0 aromatic carbocycles. The van der Waals surface area contributed by atoms with Crippen molar-refractivity contribution in [2.45, 2.75) is 31.8 Å². The average molecular weight is 304 g/mol. The van der Waals surface area contributed by atoms with Crippen molar-refractivity contribution < 1.29 is 13.2 Å².